The topological polar surface area (TPSA) is 38.5 Å². The molecule has 0 aromatic carbocycles. The van der Waals surface area contributed by atoms with Crippen molar-refractivity contribution in [1.82, 2.24) is 4.90 Å². The SMILES string of the molecule is COCC1CC(CN)CN1C. The van der Waals surface area contributed by atoms with Crippen molar-refractivity contribution in [2.45, 2.75) is 12.5 Å². The lowest BCUT2D eigenvalue weighted by Gasteiger charge is -2.17. The molecule has 0 aromatic rings. The van der Waals surface area contributed by atoms with Crippen LogP contribution < -0.4 is 5.73 Å². The standard InChI is InChI=1S/C8H18N2O/c1-10-5-7(4-9)3-8(10)6-11-2/h7-8H,3-6,9H2,1-2H3. The summed E-state index contributed by atoms with van der Waals surface area (Å²) in [5, 5.41) is 0. The first kappa shape index (κ1) is 8.97. The molecule has 0 radical (unpaired) electrons. The Bertz CT molecular complexity index is 119. The van der Waals surface area contributed by atoms with Crippen LogP contribution in [0.2, 0.25) is 0 Å². The van der Waals surface area contributed by atoms with Gasteiger partial charge in [-0.05, 0) is 25.9 Å². The summed E-state index contributed by atoms with van der Waals surface area (Å²) in [5.74, 6) is 0.681. The molecule has 2 N–H and O–H groups in total. The van der Waals surface area contributed by atoms with Gasteiger partial charge < -0.3 is 15.4 Å². The molecular weight excluding hydrogens is 140 g/mol. The fourth-order valence-electron chi connectivity index (χ4n) is 1.75. The monoisotopic (exact) mass is 158 g/mol. The smallest absolute Gasteiger partial charge is 0.0618 e. The van der Waals surface area contributed by atoms with Crippen molar-refractivity contribution in [3.8, 4) is 0 Å². The molecule has 2 unspecified atom stereocenters. The minimum absolute atomic E-state index is 0.591. The Balaban J connectivity index is 2.32. The van der Waals surface area contributed by atoms with Crippen LogP contribution in [0.4, 0.5) is 0 Å². The van der Waals surface area contributed by atoms with Crippen LogP contribution in [0.5, 0.6) is 0 Å². The zero-order valence-corrected chi connectivity index (χ0v) is 7.42. The van der Waals surface area contributed by atoms with Crippen molar-refractivity contribution in [2.75, 3.05) is 33.9 Å². The molecule has 2 atom stereocenters. The zero-order valence-electron chi connectivity index (χ0n) is 7.42. The molecule has 11 heavy (non-hydrogen) atoms. The second-order valence-electron chi connectivity index (χ2n) is 3.39. The van der Waals surface area contributed by atoms with E-state index in [0.717, 1.165) is 19.7 Å². The maximum absolute atomic E-state index is 5.59. The minimum Gasteiger partial charge on any atom is -0.383 e. The fourth-order valence-corrected chi connectivity index (χ4v) is 1.75. The van der Waals surface area contributed by atoms with E-state index in [1.165, 1.54) is 6.42 Å². The lowest BCUT2D eigenvalue weighted by Crippen LogP contribution is -2.28. The second kappa shape index (κ2) is 4.04. The Hall–Kier alpha value is -0.120. The van der Waals surface area contributed by atoms with Crippen molar-refractivity contribution in [3.63, 3.8) is 0 Å². The van der Waals surface area contributed by atoms with Crippen LogP contribution in [-0.4, -0.2) is 44.8 Å². The molecule has 3 nitrogen and oxygen atoms in total. The van der Waals surface area contributed by atoms with Gasteiger partial charge in [0.25, 0.3) is 0 Å². The number of likely N-dealkylation sites (tertiary alicyclic amines) is 1. The third-order valence-corrected chi connectivity index (χ3v) is 2.47. The minimum atomic E-state index is 0.591. The Labute approximate surface area is 68.5 Å². The molecule has 3 heteroatoms. The largest absolute Gasteiger partial charge is 0.383 e. The van der Waals surface area contributed by atoms with Gasteiger partial charge in [0.1, 0.15) is 0 Å². The Morgan fingerprint density at radius 3 is 2.82 bits per heavy atom. The molecule has 0 aliphatic carbocycles. The van der Waals surface area contributed by atoms with Crippen molar-refractivity contribution in [2.24, 2.45) is 11.7 Å². The van der Waals surface area contributed by atoms with Crippen LogP contribution in [-0.2, 0) is 4.74 Å². The number of likely N-dealkylation sites (N-methyl/N-ethyl adjacent to an activating group) is 1. The zero-order chi connectivity index (χ0) is 8.27. The predicted octanol–water partition coefficient (Wildman–Crippen LogP) is -0.0882. The number of methoxy groups -OCH3 is 1. The second-order valence-corrected chi connectivity index (χ2v) is 3.39. The number of hydrogen-bond donors (Lipinski definition) is 1. The Morgan fingerprint density at radius 1 is 1.64 bits per heavy atom. The number of ether oxygens (including phenoxy) is 1. The predicted molar refractivity (Wildman–Crippen MR) is 45.5 cm³/mol. The average Bonchev–Trinajstić information content (AvgIpc) is 2.33. The molecule has 1 aliphatic heterocycles. The summed E-state index contributed by atoms with van der Waals surface area (Å²) in [6, 6.07) is 0.591. The van der Waals surface area contributed by atoms with Gasteiger partial charge in [0.05, 0.1) is 6.61 Å². The molecule has 0 aromatic heterocycles. The van der Waals surface area contributed by atoms with E-state index in [9.17, 15) is 0 Å². The highest BCUT2D eigenvalue weighted by atomic mass is 16.5. The molecule has 0 saturated carbocycles. The summed E-state index contributed by atoms with van der Waals surface area (Å²) in [6.07, 6.45) is 1.20. The van der Waals surface area contributed by atoms with E-state index in [-0.39, 0.29) is 0 Å². The van der Waals surface area contributed by atoms with E-state index in [1.807, 2.05) is 0 Å². The molecular formula is C8H18N2O. The van der Waals surface area contributed by atoms with Gasteiger partial charge in [0.15, 0.2) is 0 Å². The van der Waals surface area contributed by atoms with Crippen LogP contribution in [0.1, 0.15) is 6.42 Å². The lowest BCUT2D eigenvalue weighted by molar-refractivity contribution is 0.129. The number of rotatable bonds is 3. The summed E-state index contributed by atoms with van der Waals surface area (Å²) >= 11 is 0. The van der Waals surface area contributed by atoms with Crippen LogP contribution in [0.15, 0.2) is 0 Å². The van der Waals surface area contributed by atoms with Crippen LogP contribution in [0, 0.1) is 5.92 Å². The molecule has 1 saturated heterocycles. The first-order valence-corrected chi connectivity index (χ1v) is 4.17. The van der Waals surface area contributed by atoms with Gasteiger partial charge in [-0.1, -0.05) is 0 Å². The molecule has 66 valence electrons. The van der Waals surface area contributed by atoms with Crippen LogP contribution >= 0.6 is 0 Å². The molecule has 1 fully saturated rings. The summed E-state index contributed by atoms with van der Waals surface area (Å²) in [5.41, 5.74) is 5.59. The molecule has 1 rings (SSSR count). The van der Waals surface area contributed by atoms with Gasteiger partial charge in [0, 0.05) is 19.7 Å². The highest BCUT2D eigenvalue weighted by molar-refractivity contribution is 4.83. The average molecular weight is 158 g/mol. The van der Waals surface area contributed by atoms with E-state index in [2.05, 4.69) is 11.9 Å². The van der Waals surface area contributed by atoms with Crippen molar-refractivity contribution >= 4 is 0 Å². The van der Waals surface area contributed by atoms with E-state index in [4.69, 9.17) is 10.5 Å². The first-order valence-electron chi connectivity index (χ1n) is 4.17. The van der Waals surface area contributed by atoms with Gasteiger partial charge in [-0.3, -0.25) is 0 Å². The van der Waals surface area contributed by atoms with Crippen LogP contribution in [0.3, 0.4) is 0 Å². The lowest BCUT2D eigenvalue weighted by atomic mass is 10.1. The third-order valence-electron chi connectivity index (χ3n) is 2.47. The summed E-state index contributed by atoms with van der Waals surface area (Å²) in [7, 11) is 3.89. The van der Waals surface area contributed by atoms with Crippen molar-refractivity contribution < 1.29 is 4.74 Å². The van der Waals surface area contributed by atoms with Gasteiger partial charge in [0.2, 0.25) is 0 Å². The number of nitrogens with zero attached hydrogens (tertiary/aromatic N) is 1. The normalized spacial score (nSPS) is 33.0. The van der Waals surface area contributed by atoms with E-state index in [0.29, 0.717) is 12.0 Å². The maximum Gasteiger partial charge on any atom is 0.0618 e. The van der Waals surface area contributed by atoms with Gasteiger partial charge in [-0.2, -0.15) is 0 Å². The molecule has 0 amide bonds. The van der Waals surface area contributed by atoms with Gasteiger partial charge in [-0.15, -0.1) is 0 Å². The van der Waals surface area contributed by atoms with E-state index in [1.54, 1.807) is 7.11 Å². The molecule has 1 aliphatic rings. The van der Waals surface area contributed by atoms with Crippen molar-refractivity contribution in [3.05, 3.63) is 0 Å². The summed E-state index contributed by atoms with van der Waals surface area (Å²) < 4.78 is 5.11. The summed E-state index contributed by atoms with van der Waals surface area (Å²) in [4.78, 5) is 2.33. The van der Waals surface area contributed by atoms with Crippen molar-refractivity contribution in [1.29, 1.82) is 0 Å². The third kappa shape index (κ3) is 2.15. The number of hydrogen-bond acceptors (Lipinski definition) is 3. The van der Waals surface area contributed by atoms with Crippen LogP contribution in [0.25, 0.3) is 0 Å². The molecule has 0 spiro atoms. The maximum atomic E-state index is 5.59. The first-order chi connectivity index (χ1) is 5.27. The van der Waals surface area contributed by atoms with E-state index < -0.39 is 0 Å². The van der Waals surface area contributed by atoms with E-state index >= 15 is 0 Å². The Kier molecular flexibility index (Phi) is 3.30. The molecule has 1 heterocycles. The number of nitrogens with two attached hydrogens (primary N) is 1. The quantitative estimate of drug-likeness (QED) is 0.624. The fraction of sp³-hybridized carbons (Fsp3) is 1.00. The van der Waals surface area contributed by atoms with Gasteiger partial charge in [-0.25, -0.2) is 0 Å². The molecule has 0 bridgehead atoms. The Morgan fingerprint density at radius 2 is 2.36 bits per heavy atom. The highest BCUT2D eigenvalue weighted by Crippen LogP contribution is 2.20. The van der Waals surface area contributed by atoms with Gasteiger partial charge >= 0.3 is 0 Å². The highest BCUT2D eigenvalue weighted by Gasteiger charge is 2.27. The summed E-state index contributed by atoms with van der Waals surface area (Å²) in [6.45, 7) is 2.78.